The Balaban J connectivity index is 1.30. The van der Waals surface area contributed by atoms with E-state index in [4.69, 9.17) is 4.74 Å². The molecule has 0 aromatic heterocycles. The maximum atomic E-state index is 14.0. The summed E-state index contributed by atoms with van der Waals surface area (Å²) in [6.45, 7) is 2.17. The summed E-state index contributed by atoms with van der Waals surface area (Å²) in [7, 11) is -3.24. The molecule has 3 atom stereocenters. The van der Waals surface area contributed by atoms with Crippen LogP contribution < -0.4 is 9.03 Å². The lowest BCUT2D eigenvalue weighted by Gasteiger charge is -2.41. The van der Waals surface area contributed by atoms with Gasteiger partial charge in [-0.1, -0.05) is 55.0 Å². The maximum Gasteiger partial charge on any atom is 0.243 e. The average molecular weight is 647 g/mol. The number of amides is 1. The summed E-state index contributed by atoms with van der Waals surface area (Å²) in [6.07, 6.45) is 5.38. The van der Waals surface area contributed by atoms with Crippen LogP contribution in [0.1, 0.15) is 49.7 Å². The van der Waals surface area contributed by atoms with E-state index in [0.29, 0.717) is 56.9 Å². The van der Waals surface area contributed by atoms with Crippen LogP contribution in [0.4, 0.5) is 5.69 Å². The van der Waals surface area contributed by atoms with E-state index < -0.39 is 36.8 Å². The van der Waals surface area contributed by atoms with Gasteiger partial charge < -0.3 is 14.5 Å². The Morgan fingerprint density at radius 1 is 1.02 bits per heavy atom. The Labute approximate surface area is 262 Å². The number of benzene rings is 2. The third-order valence-corrected chi connectivity index (χ3v) is 12.5. The quantitative estimate of drug-likeness (QED) is 0.399. The highest BCUT2D eigenvalue weighted by Gasteiger charge is 2.48. The smallest absolute Gasteiger partial charge is 0.243 e. The van der Waals surface area contributed by atoms with Crippen molar-refractivity contribution in [2.24, 2.45) is 5.92 Å². The van der Waals surface area contributed by atoms with Gasteiger partial charge in [0.05, 0.1) is 30.4 Å². The van der Waals surface area contributed by atoms with Crippen LogP contribution >= 0.6 is 0 Å². The highest BCUT2D eigenvalue weighted by Crippen LogP contribution is 2.47. The zero-order valence-electron chi connectivity index (χ0n) is 26.0. The summed E-state index contributed by atoms with van der Waals surface area (Å²) in [5.41, 5.74) is 2.25. The first-order valence-electron chi connectivity index (χ1n) is 15.5. The van der Waals surface area contributed by atoms with Crippen molar-refractivity contribution in [3.8, 4) is 0 Å². The van der Waals surface area contributed by atoms with Gasteiger partial charge >= 0.3 is 0 Å². The number of fused-ring (bicyclic) bond motifs is 2. The van der Waals surface area contributed by atoms with Gasteiger partial charge in [-0.2, -0.15) is 0 Å². The van der Waals surface area contributed by atoms with Crippen LogP contribution in [-0.4, -0.2) is 97.0 Å². The SMILES string of the molecule is CN(C)CC1CCCC(S(=O)(=O)NC(COCc2ccccc2)C(=O)N2CCC3(CC2)CN(S(C)(=O)=O)c2ccccc23)C1. The van der Waals surface area contributed by atoms with Crippen molar-refractivity contribution in [3.05, 3.63) is 65.7 Å². The third-order valence-electron chi connectivity index (χ3n) is 9.42. The minimum absolute atomic E-state index is 0.0763. The number of carbonyl (C=O) groups excluding carboxylic acids is 1. The van der Waals surface area contributed by atoms with Crippen LogP contribution in [0.25, 0.3) is 0 Å². The minimum atomic E-state index is -3.79. The number of anilines is 1. The molecule has 0 radical (unpaired) electrons. The van der Waals surface area contributed by atoms with Gasteiger partial charge in [-0.15, -0.1) is 0 Å². The Morgan fingerprint density at radius 3 is 2.39 bits per heavy atom. The number of nitrogens with one attached hydrogen (secondary N) is 1. The lowest BCUT2D eigenvalue weighted by Crippen LogP contribution is -2.56. The molecule has 3 aliphatic rings. The number of piperidine rings is 1. The molecule has 3 unspecified atom stereocenters. The van der Waals surface area contributed by atoms with Gasteiger partial charge in [0.1, 0.15) is 6.04 Å². The monoisotopic (exact) mass is 646 g/mol. The number of rotatable bonds is 11. The number of para-hydroxylation sites is 1. The highest BCUT2D eigenvalue weighted by atomic mass is 32.2. The molecule has 1 spiro atoms. The molecule has 1 saturated heterocycles. The normalized spacial score (nSPS) is 22.7. The first kappa shape index (κ1) is 32.9. The molecule has 10 nitrogen and oxygen atoms in total. The summed E-state index contributed by atoms with van der Waals surface area (Å²) >= 11 is 0. The second-order valence-corrected chi connectivity index (χ2v) is 16.9. The van der Waals surface area contributed by atoms with E-state index in [1.54, 1.807) is 4.90 Å². The highest BCUT2D eigenvalue weighted by molar-refractivity contribution is 7.92. The Morgan fingerprint density at radius 2 is 1.70 bits per heavy atom. The van der Waals surface area contributed by atoms with Crippen molar-refractivity contribution >= 4 is 31.6 Å². The number of hydrogen-bond donors (Lipinski definition) is 1. The maximum absolute atomic E-state index is 14.0. The van der Waals surface area contributed by atoms with Gasteiger partial charge in [-0.3, -0.25) is 9.10 Å². The van der Waals surface area contributed by atoms with Gasteiger partial charge in [0.15, 0.2) is 0 Å². The van der Waals surface area contributed by atoms with Gasteiger partial charge in [-0.25, -0.2) is 21.6 Å². The van der Waals surface area contributed by atoms with Crippen molar-refractivity contribution in [2.45, 2.75) is 61.8 Å². The van der Waals surface area contributed by atoms with Gasteiger partial charge in [0.25, 0.3) is 0 Å². The summed E-state index contributed by atoms with van der Waals surface area (Å²) in [5.74, 6) is -0.00808. The first-order chi connectivity index (χ1) is 20.9. The number of hydrogen-bond acceptors (Lipinski definition) is 7. The molecule has 2 fully saturated rings. The largest absolute Gasteiger partial charge is 0.375 e. The Bertz CT molecular complexity index is 1510. The van der Waals surface area contributed by atoms with Crippen molar-refractivity contribution in [1.29, 1.82) is 0 Å². The van der Waals surface area contributed by atoms with Crippen LogP contribution in [0, 0.1) is 5.92 Å². The third kappa shape index (κ3) is 7.47. The van der Waals surface area contributed by atoms with E-state index in [9.17, 15) is 21.6 Å². The van der Waals surface area contributed by atoms with E-state index in [1.807, 2.05) is 68.7 Å². The first-order valence-corrected chi connectivity index (χ1v) is 18.9. The summed E-state index contributed by atoms with van der Waals surface area (Å²) in [6, 6.07) is 16.1. The Kier molecular flexibility index (Phi) is 10.1. The molecule has 1 aliphatic carbocycles. The molecule has 1 N–H and O–H groups in total. The fourth-order valence-corrected chi connectivity index (χ4v) is 9.97. The molecular weight excluding hydrogens is 601 g/mol. The number of carbonyl (C=O) groups is 1. The predicted octanol–water partition coefficient (Wildman–Crippen LogP) is 2.95. The second-order valence-electron chi connectivity index (χ2n) is 13.0. The van der Waals surface area contributed by atoms with Crippen LogP contribution in [0.3, 0.4) is 0 Å². The standard InChI is InChI=1S/C32H46N4O6S2/c1-34(2)21-26-12-9-13-27(20-26)44(40,41)33-29(23-42-22-25-10-5-4-6-11-25)31(37)35-18-16-32(17-19-35)24-36(43(3,38)39)30-15-8-7-14-28(30)32/h4-8,10-11,14-15,26-27,29,33H,9,12-13,16-24H2,1-3H3. The predicted molar refractivity (Wildman–Crippen MR) is 172 cm³/mol. The fraction of sp³-hybridized carbons (Fsp3) is 0.594. The molecule has 242 valence electrons. The number of sulfonamides is 2. The molecule has 2 aliphatic heterocycles. The molecule has 2 aromatic carbocycles. The van der Waals surface area contributed by atoms with E-state index in [1.165, 1.54) is 10.6 Å². The van der Waals surface area contributed by atoms with Gasteiger partial charge in [0.2, 0.25) is 26.0 Å². The molecule has 12 heteroatoms. The molecule has 1 amide bonds. The molecule has 0 bridgehead atoms. The fourth-order valence-electron chi connectivity index (χ4n) is 7.21. The molecule has 1 saturated carbocycles. The topological polar surface area (TPSA) is 116 Å². The second kappa shape index (κ2) is 13.5. The van der Waals surface area contributed by atoms with Crippen molar-refractivity contribution in [1.82, 2.24) is 14.5 Å². The van der Waals surface area contributed by atoms with Crippen LogP contribution in [-0.2, 0) is 41.6 Å². The average Bonchev–Trinajstić information content (AvgIpc) is 3.31. The van der Waals surface area contributed by atoms with Gasteiger partial charge in [0, 0.05) is 31.6 Å². The lowest BCUT2D eigenvalue weighted by atomic mass is 9.74. The van der Waals surface area contributed by atoms with Crippen LogP contribution in [0.5, 0.6) is 0 Å². The van der Waals surface area contributed by atoms with Crippen LogP contribution in [0.15, 0.2) is 54.6 Å². The summed E-state index contributed by atoms with van der Waals surface area (Å²) in [5, 5.41) is -0.549. The van der Waals surface area contributed by atoms with E-state index in [2.05, 4.69) is 9.62 Å². The van der Waals surface area contributed by atoms with E-state index in [0.717, 1.165) is 30.5 Å². The number of likely N-dealkylation sites (tertiary alicyclic amines) is 1. The van der Waals surface area contributed by atoms with E-state index in [-0.39, 0.29) is 19.1 Å². The molecule has 44 heavy (non-hydrogen) atoms. The zero-order chi connectivity index (χ0) is 31.5. The van der Waals surface area contributed by atoms with Crippen molar-refractivity contribution < 1.29 is 26.4 Å². The van der Waals surface area contributed by atoms with Crippen molar-refractivity contribution in [3.63, 3.8) is 0 Å². The number of ether oxygens (including phenoxy) is 1. The molecule has 2 heterocycles. The minimum Gasteiger partial charge on any atom is -0.375 e. The molecule has 2 aromatic rings. The van der Waals surface area contributed by atoms with Crippen LogP contribution in [0.2, 0.25) is 0 Å². The summed E-state index contributed by atoms with van der Waals surface area (Å²) < 4.78 is 62.8. The van der Waals surface area contributed by atoms with Gasteiger partial charge in [-0.05, 0) is 69.3 Å². The number of nitrogens with zero attached hydrogens (tertiary/aromatic N) is 3. The van der Waals surface area contributed by atoms with Crippen molar-refractivity contribution in [2.75, 3.05) is 57.4 Å². The lowest BCUT2D eigenvalue weighted by molar-refractivity contribution is -0.136. The summed E-state index contributed by atoms with van der Waals surface area (Å²) in [4.78, 5) is 17.8. The molecule has 5 rings (SSSR count). The Hall–Kier alpha value is -2.51. The zero-order valence-corrected chi connectivity index (χ0v) is 27.7. The molecular formula is C32H46N4O6S2. The van der Waals surface area contributed by atoms with E-state index >= 15 is 0 Å².